The molecule has 6 nitrogen and oxygen atoms in total. The van der Waals surface area contributed by atoms with Crippen LogP contribution < -0.4 is 4.72 Å². The van der Waals surface area contributed by atoms with E-state index in [4.69, 9.17) is 4.52 Å². The Balaban J connectivity index is 1.99. The molecule has 1 N–H and O–H groups in total. The average Bonchev–Trinajstić information content (AvgIpc) is 2.72. The predicted octanol–water partition coefficient (Wildman–Crippen LogP) is 1.31. The van der Waals surface area contributed by atoms with Gasteiger partial charge in [-0.1, -0.05) is 35.0 Å². The minimum absolute atomic E-state index is 0.00892. The summed E-state index contributed by atoms with van der Waals surface area (Å²) >= 11 is 0. The SMILES string of the molecule is Cc1cccc(CS(=O)(=O)NCc2nc(C)no2)c1. The lowest BCUT2D eigenvalue weighted by Gasteiger charge is -2.05. The Labute approximate surface area is 111 Å². The third-order valence-electron chi connectivity index (χ3n) is 2.45. The minimum atomic E-state index is -3.42. The molecule has 0 atom stereocenters. The zero-order valence-electron chi connectivity index (χ0n) is 10.8. The molecule has 0 unspecified atom stereocenters. The lowest BCUT2D eigenvalue weighted by Crippen LogP contribution is -2.24. The van der Waals surface area contributed by atoms with Crippen molar-refractivity contribution in [2.45, 2.75) is 26.1 Å². The molecule has 0 aliphatic carbocycles. The van der Waals surface area contributed by atoms with Gasteiger partial charge >= 0.3 is 0 Å². The van der Waals surface area contributed by atoms with Crippen molar-refractivity contribution < 1.29 is 12.9 Å². The third-order valence-corrected chi connectivity index (χ3v) is 3.75. The van der Waals surface area contributed by atoms with Gasteiger partial charge in [-0.25, -0.2) is 13.1 Å². The number of sulfonamides is 1. The predicted molar refractivity (Wildman–Crippen MR) is 69.7 cm³/mol. The van der Waals surface area contributed by atoms with Gasteiger partial charge in [0.15, 0.2) is 5.82 Å². The maximum atomic E-state index is 11.9. The highest BCUT2D eigenvalue weighted by molar-refractivity contribution is 7.88. The van der Waals surface area contributed by atoms with Crippen molar-refractivity contribution in [2.75, 3.05) is 0 Å². The molecule has 1 heterocycles. The molecule has 1 aromatic carbocycles. The molecule has 102 valence electrons. The number of hydrogen-bond acceptors (Lipinski definition) is 5. The monoisotopic (exact) mass is 281 g/mol. The quantitative estimate of drug-likeness (QED) is 0.893. The number of nitrogens with one attached hydrogen (secondary N) is 1. The first kappa shape index (κ1) is 13.7. The molecular formula is C12H15N3O3S. The smallest absolute Gasteiger partial charge is 0.241 e. The molecule has 0 radical (unpaired) electrons. The zero-order valence-corrected chi connectivity index (χ0v) is 11.6. The highest BCUT2D eigenvalue weighted by atomic mass is 32.2. The largest absolute Gasteiger partial charge is 0.338 e. The van der Waals surface area contributed by atoms with E-state index in [2.05, 4.69) is 14.9 Å². The van der Waals surface area contributed by atoms with Gasteiger partial charge in [0.25, 0.3) is 0 Å². The Morgan fingerprint density at radius 1 is 1.32 bits per heavy atom. The highest BCUT2D eigenvalue weighted by Gasteiger charge is 2.13. The summed E-state index contributed by atoms with van der Waals surface area (Å²) in [6.45, 7) is 3.61. The number of hydrogen-bond donors (Lipinski definition) is 1. The van der Waals surface area contributed by atoms with Crippen molar-refractivity contribution >= 4 is 10.0 Å². The summed E-state index contributed by atoms with van der Waals surface area (Å²) in [6.07, 6.45) is 0. The van der Waals surface area contributed by atoms with E-state index in [1.807, 2.05) is 25.1 Å². The van der Waals surface area contributed by atoms with Gasteiger partial charge in [-0.15, -0.1) is 0 Å². The fraction of sp³-hybridized carbons (Fsp3) is 0.333. The Kier molecular flexibility index (Phi) is 3.96. The van der Waals surface area contributed by atoms with Crippen molar-refractivity contribution in [3.63, 3.8) is 0 Å². The van der Waals surface area contributed by atoms with E-state index in [1.165, 1.54) is 0 Å². The average molecular weight is 281 g/mol. The molecule has 0 bridgehead atoms. The van der Waals surface area contributed by atoms with E-state index in [-0.39, 0.29) is 18.2 Å². The Morgan fingerprint density at radius 3 is 2.74 bits per heavy atom. The van der Waals surface area contributed by atoms with Gasteiger partial charge in [0, 0.05) is 0 Å². The number of aryl methyl sites for hydroxylation is 2. The molecule has 2 rings (SSSR count). The van der Waals surface area contributed by atoms with E-state index in [0.717, 1.165) is 11.1 Å². The molecule has 0 aliphatic heterocycles. The summed E-state index contributed by atoms with van der Waals surface area (Å²) in [7, 11) is -3.42. The van der Waals surface area contributed by atoms with Crippen LogP contribution in [-0.4, -0.2) is 18.6 Å². The molecule has 0 amide bonds. The number of aromatic nitrogens is 2. The van der Waals surface area contributed by atoms with Crippen LogP contribution in [0.3, 0.4) is 0 Å². The molecule has 0 saturated carbocycles. The van der Waals surface area contributed by atoms with Crippen molar-refractivity contribution in [3.05, 3.63) is 47.1 Å². The van der Waals surface area contributed by atoms with Crippen molar-refractivity contribution in [1.29, 1.82) is 0 Å². The third kappa shape index (κ3) is 4.15. The fourth-order valence-electron chi connectivity index (χ4n) is 1.66. The first-order valence-corrected chi connectivity index (χ1v) is 7.42. The van der Waals surface area contributed by atoms with Crippen molar-refractivity contribution in [3.8, 4) is 0 Å². The molecular weight excluding hydrogens is 266 g/mol. The van der Waals surface area contributed by atoms with E-state index in [9.17, 15) is 8.42 Å². The van der Waals surface area contributed by atoms with Gasteiger partial charge in [0.05, 0.1) is 12.3 Å². The Morgan fingerprint density at radius 2 is 2.11 bits per heavy atom. The van der Waals surface area contributed by atoms with Crippen molar-refractivity contribution in [1.82, 2.24) is 14.9 Å². The second-order valence-corrected chi connectivity index (χ2v) is 6.11. The molecule has 19 heavy (non-hydrogen) atoms. The van der Waals surface area contributed by atoms with Gasteiger partial charge in [-0.05, 0) is 19.4 Å². The highest BCUT2D eigenvalue weighted by Crippen LogP contribution is 2.08. The van der Waals surface area contributed by atoms with Crippen LogP contribution in [0.2, 0.25) is 0 Å². The summed E-state index contributed by atoms with van der Waals surface area (Å²) in [6, 6.07) is 7.38. The summed E-state index contributed by atoms with van der Waals surface area (Å²) < 4.78 is 31.1. The van der Waals surface area contributed by atoms with Crippen LogP contribution >= 0.6 is 0 Å². The Bertz CT molecular complexity index is 664. The van der Waals surface area contributed by atoms with E-state index in [0.29, 0.717) is 5.82 Å². The summed E-state index contributed by atoms with van der Waals surface area (Å²) in [5.41, 5.74) is 1.77. The first-order valence-electron chi connectivity index (χ1n) is 5.77. The molecule has 2 aromatic rings. The van der Waals surface area contributed by atoms with Crippen LogP contribution in [0.4, 0.5) is 0 Å². The molecule has 0 aliphatic rings. The molecule has 0 fully saturated rings. The van der Waals surface area contributed by atoms with Crippen LogP contribution in [0.5, 0.6) is 0 Å². The maximum Gasteiger partial charge on any atom is 0.241 e. The summed E-state index contributed by atoms with van der Waals surface area (Å²) in [4.78, 5) is 3.93. The molecule has 0 saturated heterocycles. The van der Waals surface area contributed by atoms with Crippen LogP contribution in [-0.2, 0) is 22.3 Å². The van der Waals surface area contributed by atoms with E-state index in [1.54, 1.807) is 13.0 Å². The number of nitrogens with zero attached hydrogens (tertiary/aromatic N) is 2. The van der Waals surface area contributed by atoms with Crippen LogP contribution in [0, 0.1) is 13.8 Å². The molecule has 7 heteroatoms. The summed E-state index contributed by atoms with van der Waals surface area (Å²) in [5, 5.41) is 3.59. The molecule has 0 spiro atoms. The first-order chi connectivity index (χ1) is 8.94. The van der Waals surface area contributed by atoms with Crippen molar-refractivity contribution in [2.24, 2.45) is 0 Å². The van der Waals surface area contributed by atoms with E-state index >= 15 is 0 Å². The van der Waals surface area contributed by atoms with Gasteiger partial charge in [0.2, 0.25) is 15.9 Å². The lowest BCUT2D eigenvalue weighted by molar-refractivity contribution is 0.372. The number of rotatable bonds is 5. The molecule has 1 aromatic heterocycles. The normalized spacial score (nSPS) is 11.7. The van der Waals surface area contributed by atoms with Crippen LogP contribution in [0.25, 0.3) is 0 Å². The van der Waals surface area contributed by atoms with E-state index < -0.39 is 10.0 Å². The van der Waals surface area contributed by atoms with Crippen LogP contribution in [0.15, 0.2) is 28.8 Å². The van der Waals surface area contributed by atoms with Crippen LogP contribution in [0.1, 0.15) is 22.8 Å². The number of benzene rings is 1. The van der Waals surface area contributed by atoms with Gasteiger partial charge in [0.1, 0.15) is 0 Å². The lowest BCUT2D eigenvalue weighted by atomic mass is 10.2. The maximum absolute atomic E-state index is 11.9. The van der Waals surface area contributed by atoms with Gasteiger partial charge in [-0.3, -0.25) is 0 Å². The van der Waals surface area contributed by atoms with Gasteiger partial charge < -0.3 is 4.52 Å². The fourth-order valence-corrected chi connectivity index (χ4v) is 2.72. The standard InChI is InChI=1S/C12H15N3O3S/c1-9-4-3-5-11(6-9)8-19(16,17)13-7-12-14-10(2)15-18-12/h3-6,13H,7-8H2,1-2H3. The second kappa shape index (κ2) is 5.50. The summed E-state index contributed by atoms with van der Waals surface area (Å²) in [5.74, 6) is 0.667. The van der Waals surface area contributed by atoms with Gasteiger partial charge in [-0.2, -0.15) is 4.98 Å². The zero-order chi connectivity index (χ0) is 13.9. The Hall–Kier alpha value is -1.73. The second-order valence-electron chi connectivity index (χ2n) is 4.30. The topological polar surface area (TPSA) is 85.1 Å². The minimum Gasteiger partial charge on any atom is -0.338 e.